The van der Waals surface area contributed by atoms with Gasteiger partial charge in [0.05, 0.1) is 0 Å². The SMILES string of the molecule is Cc1ccc2[nH]cc(CCNC(=O)Nc3c(C)noc3C3CC3)c2c1. The van der Waals surface area contributed by atoms with Crippen LogP contribution >= 0.6 is 0 Å². The monoisotopic (exact) mass is 338 g/mol. The Morgan fingerprint density at radius 1 is 1.36 bits per heavy atom. The summed E-state index contributed by atoms with van der Waals surface area (Å²) in [5.41, 5.74) is 5.01. The van der Waals surface area contributed by atoms with Crippen LogP contribution in [0.1, 0.15) is 41.3 Å². The molecule has 2 amide bonds. The number of fused-ring (bicyclic) bond motifs is 1. The van der Waals surface area contributed by atoms with E-state index in [0.29, 0.717) is 12.5 Å². The minimum absolute atomic E-state index is 0.218. The number of urea groups is 1. The van der Waals surface area contributed by atoms with Gasteiger partial charge in [-0.15, -0.1) is 0 Å². The van der Waals surface area contributed by atoms with Crippen LogP contribution in [0.4, 0.5) is 10.5 Å². The molecule has 0 aliphatic heterocycles. The van der Waals surface area contributed by atoms with Gasteiger partial charge in [-0.1, -0.05) is 16.8 Å². The number of nitrogens with zero attached hydrogens (tertiary/aromatic N) is 1. The number of aromatic nitrogens is 2. The first-order valence-corrected chi connectivity index (χ1v) is 8.69. The molecule has 2 aromatic heterocycles. The molecule has 4 rings (SSSR count). The zero-order valence-corrected chi connectivity index (χ0v) is 14.5. The van der Waals surface area contributed by atoms with E-state index >= 15 is 0 Å². The summed E-state index contributed by atoms with van der Waals surface area (Å²) in [6.07, 6.45) is 4.99. The van der Waals surface area contributed by atoms with Crippen LogP contribution in [-0.4, -0.2) is 22.7 Å². The highest BCUT2D eigenvalue weighted by molar-refractivity contribution is 5.90. The van der Waals surface area contributed by atoms with Gasteiger partial charge in [0, 0.05) is 29.6 Å². The summed E-state index contributed by atoms with van der Waals surface area (Å²) in [4.78, 5) is 15.5. The second-order valence-electron chi connectivity index (χ2n) is 6.78. The van der Waals surface area contributed by atoms with E-state index in [-0.39, 0.29) is 6.03 Å². The van der Waals surface area contributed by atoms with E-state index in [1.807, 2.05) is 13.1 Å². The van der Waals surface area contributed by atoms with Gasteiger partial charge in [-0.3, -0.25) is 0 Å². The summed E-state index contributed by atoms with van der Waals surface area (Å²) in [5.74, 6) is 1.21. The van der Waals surface area contributed by atoms with E-state index in [4.69, 9.17) is 4.52 Å². The largest absolute Gasteiger partial charge is 0.361 e. The van der Waals surface area contributed by atoms with Gasteiger partial charge < -0.3 is 20.1 Å². The Bertz CT molecular complexity index is 921. The first-order valence-electron chi connectivity index (χ1n) is 8.69. The zero-order chi connectivity index (χ0) is 17.4. The lowest BCUT2D eigenvalue weighted by Crippen LogP contribution is -2.30. The van der Waals surface area contributed by atoms with Crippen molar-refractivity contribution in [2.45, 2.75) is 39.0 Å². The van der Waals surface area contributed by atoms with Crippen LogP contribution in [0.25, 0.3) is 10.9 Å². The molecule has 1 fully saturated rings. The van der Waals surface area contributed by atoms with Crippen LogP contribution in [0.3, 0.4) is 0 Å². The minimum Gasteiger partial charge on any atom is -0.361 e. The lowest BCUT2D eigenvalue weighted by atomic mass is 10.1. The van der Waals surface area contributed by atoms with Crippen LogP contribution < -0.4 is 10.6 Å². The molecule has 0 spiro atoms. The topological polar surface area (TPSA) is 83.0 Å². The standard InChI is InChI=1S/C19H22N4O2/c1-11-3-6-16-15(9-11)14(10-21-16)7-8-20-19(24)22-17-12(2)23-25-18(17)13-4-5-13/h3,6,9-10,13,21H,4-5,7-8H2,1-2H3,(H2,20,22,24). The molecular weight excluding hydrogens is 316 g/mol. The Balaban J connectivity index is 1.36. The number of amides is 2. The normalized spacial score (nSPS) is 14.0. The van der Waals surface area contributed by atoms with E-state index in [0.717, 1.165) is 41.9 Å². The maximum absolute atomic E-state index is 12.2. The molecule has 0 atom stereocenters. The minimum atomic E-state index is -0.218. The van der Waals surface area contributed by atoms with E-state index in [1.54, 1.807) is 0 Å². The third-order valence-corrected chi connectivity index (χ3v) is 4.68. The van der Waals surface area contributed by atoms with Gasteiger partial charge in [-0.2, -0.15) is 0 Å². The Hall–Kier alpha value is -2.76. The fourth-order valence-electron chi connectivity index (χ4n) is 3.13. The molecule has 3 N–H and O–H groups in total. The van der Waals surface area contributed by atoms with Gasteiger partial charge in [0.15, 0.2) is 5.76 Å². The molecule has 1 aliphatic carbocycles. The predicted molar refractivity (Wildman–Crippen MR) is 97.0 cm³/mol. The van der Waals surface area contributed by atoms with Gasteiger partial charge in [-0.25, -0.2) is 4.79 Å². The molecule has 6 nitrogen and oxygen atoms in total. The molecular formula is C19H22N4O2. The highest BCUT2D eigenvalue weighted by Crippen LogP contribution is 2.44. The summed E-state index contributed by atoms with van der Waals surface area (Å²) in [5, 5.41) is 11.0. The zero-order valence-electron chi connectivity index (χ0n) is 14.5. The summed E-state index contributed by atoms with van der Waals surface area (Å²) in [6.45, 7) is 4.50. The number of benzene rings is 1. The predicted octanol–water partition coefficient (Wildman–Crippen LogP) is 4.01. The van der Waals surface area contributed by atoms with Crippen molar-refractivity contribution >= 4 is 22.6 Å². The van der Waals surface area contributed by atoms with E-state index in [9.17, 15) is 4.79 Å². The van der Waals surface area contributed by atoms with Crippen molar-refractivity contribution in [3.63, 3.8) is 0 Å². The fraction of sp³-hybridized carbons (Fsp3) is 0.368. The number of hydrogen-bond donors (Lipinski definition) is 3. The van der Waals surface area contributed by atoms with E-state index in [1.165, 1.54) is 16.5 Å². The smallest absolute Gasteiger partial charge is 0.319 e. The number of aryl methyl sites for hydroxylation is 2. The lowest BCUT2D eigenvalue weighted by Gasteiger charge is -2.07. The van der Waals surface area contributed by atoms with Crippen LogP contribution in [0.2, 0.25) is 0 Å². The van der Waals surface area contributed by atoms with E-state index < -0.39 is 0 Å². The third-order valence-electron chi connectivity index (χ3n) is 4.68. The number of H-pyrrole nitrogens is 1. The first-order chi connectivity index (χ1) is 12.1. The van der Waals surface area contributed by atoms with Crippen molar-refractivity contribution < 1.29 is 9.32 Å². The molecule has 2 heterocycles. The van der Waals surface area contributed by atoms with Crippen molar-refractivity contribution in [3.05, 3.63) is 47.0 Å². The van der Waals surface area contributed by atoms with Crippen LogP contribution in [0.5, 0.6) is 0 Å². The molecule has 0 saturated heterocycles. The van der Waals surface area contributed by atoms with Crippen LogP contribution in [0.15, 0.2) is 28.9 Å². The molecule has 1 aliphatic rings. The molecule has 1 aromatic carbocycles. The van der Waals surface area contributed by atoms with Crippen molar-refractivity contribution in [3.8, 4) is 0 Å². The van der Waals surface area contributed by atoms with Crippen molar-refractivity contribution in [2.24, 2.45) is 0 Å². The average Bonchev–Trinajstić information content (AvgIpc) is 3.27. The first kappa shape index (κ1) is 15.7. The van der Waals surface area contributed by atoms with E-state index in [2.05, 4.69) is 45.9 Å². The average molecular weight is 338 g/mol. The Kier molecular flexibility index (Phi) is 3.95. The molecule has 25 heavy (non-hydrogen) atoms. The van der Waals surface area contributed by atoms with Crippen molar-refractivity contribution in [1.29, 1.82) is 0 Å². The quantitative estimate of drug-likeness (QED) is 0.657. The Morgan fingerprint density at radius 2 is 2.20 bits per heavy atom. The van der Waals surface area contributed by atoms with Gasteiger partial charge >= 0.3 is 6.03 Å². The number of nitrogens with one attached hydrogen (secondary N) is 3. The molecule has 0 bridgehead atoms. The van der Waals surface area contributed by atoms with Crippen molar-refractivity contribution in [2.75, 3.05) is 11.9 Å². The highest BCUT2D eigenvalue weighted by atomic mass is 16.5. The summed E-state index contributed by atoms with van der Waals surface area (Å²) < 4.78 is 5.35. The number of aromatic amines is 1. The second-order valence-corrected chi connectivity index (χ2v) is 6.78. The molecule has 6 heteroatoms. The molecule has 0 radical (unpaired) electrons. The molecule has 1 saturated carbocycles. The maximum atomic E-state index is 12.2. The fourth-order valence-corrected chi connectivity index (χ4v) is 3.13. The summed E-state index contributed by atoms with van der Waals surface area (Å²) in [6, 6.07) is 6.13. The number of carbonyl (C=O) groups excluding carboxylic acids is 1. The number of hydrogen-bond acceptors (Lipinski definition) is 3. The van der Waals surface area contributed by atoms with Crippen LogP contribution in [-0.2, 0) is 6.42 Å². The summed E-state index contributed by atoms with van der Waals surface area (Å²) in [7, 11) is 0. The van der Waals surface area contributed by atoms with Gasteiger partial charge in [0.25, 0.3) is 0 Å². The molecule has 0 unspecified atom stereocenters. The highest BCUT2D eigenvalue weighted by Gasteiger charge is 2.32. The van der Waals surface area contributed by atoms with Gasteiger partial charge in [-0.05, 0) is 50.8 Å². The Labute approximate surface area is 146 Å². The number of carbonyl (C=O) groups is 1. The van der Waals surface area contributed by atoms with Crippen molar-refractivity contribution in [1.82, 2.24) is 15.5 Å². The lowest BCUT2D eigenvalue weighted by molar-refractivity contribution is 0.252. The van der Waals surface area contributed by atoms with Gasteiger partial charge in [0.2, 0.25) is 0 Å². The second kappa shape index (κ2) is 6.27. The Morgan fingerprint density at radius 3 is 3.00 bits per heavy atom. The maximum Gasteiger partial charge on any atom is 0.319 e. The molecule has 3 aromatic rings. The summed E-state index contributed by atoms with van der Waals surface area (Å²) >= 11 is 0. The third kappa shape index (κ3) is 3.24. The number of rotatable bonds is 5. The van der Waals surface area contributed by atoms with Crippen LogP contribution in [0, 0.1) is 13.8 Å². The van der Waals surface area contributed by atoms with Gasteiger partial charge in [0.1, 0.15) is 11.4 Å². The molecule has 130 valence electrons. The number of anilines is 1.